The summed E-state index contributed by atoms with van der Waals surface area (Å²) in [5, 5.41) is 2.34. The zero-order valence-corrected chi connectivity index (χ0v) is 14.6. The molecule has 8 heteroatoms. The molecular formula is C20H17F5N2O. The van der Waals surface area contributed by atoms with Crippen molar-refractivity contribution in [3.05, 3.63) is 70.8 Å². The summed E-state index contributed by atoms with van der Waals surface area (Å²) in [6, 6.07) is 9.49. The summed E-state index contributed by atoms with van der Waals surface area (Å²) < 4.78 is 65.0. The molecule has 2 amide bonds. The van der Waals surface area contributed by atoms with Crippen LogP contribution in [0.5, 0.6) is 0 Å². The van der Waals surface area contributed by atoms with Crippen LogP contribution in [0.2, 0.25) is 0 Å². The molecule has 2 aromatic carbocycles. The van der Waals surface area contributed by atoms with E-state index < -0.39 is 42.2 Å². The average molecular weight is 396 g/mol. The van der Waals surface area contributed by atoms with Crippen molar-refractivity contribution in [3.8, 4) is 0 Å². The van der Waals surface area contributed by atoms with Crippen LogP contribution < -0.4 is 5.32 Å². The molecule has 2 aliphatic rings. The number of halogens is 5. The van der Waals surface area contributed by atoms with Gasteiger partial charge in [-0.05, 0) is 35.2 Å². The average Bonchev–Trinajstić information content (AvgIpc) is 3.25. The lowest BCUT2D eigenvalue weighted by molar-refractivity contribution is -0.137. The number of hydrogen-bond donors (Lipinski definition) is 1. The molecule has 1 aliphatic heterocycles. The number of nitrogens with one attached hydrogen (secondary N) is 1. The highest BCUT2D eigenvalue weighted by Crippen LogP contribution is 2.42. The van der Waals surface area contributed by atoms with E-state index in [-0.39, 0.29) is 6.54 Å². The maximum atomic E-state index is 13.2. The van der Waals surface area contributed by atoms with Crippen molar-refractivity contribution in [3.63, 3.8) is 0 Å². The second kappa shape index (κ2) is 6.46. The smallest absolute Gasteiger partial charge is 0.329 e. The first-order valence-corrected chi connectivity index (χ1v) is 8.87. The van der Waals surface area contributed by atoms with Crippen molar-refractivity contribution in [2.75, 3.05) is 6.54 Å². The fourth-order valence-electron chi connectivity index (χ4n) is 3.60. The molecule has 0 spiro atoms. The van der Waals surface area contributed by atoms with Crippen LogP contribution in [-0.2, 0) is 12.6 Å². The molecule has 0 bridgehead atoms. The number of fused-ring (bicyclic) bond motifs is 1. The number of carbonyl (C=O) groups excluding carboxylic acids is 1. The van der Waals surface area contributed by atoms with E-state index in [9.17, 15) is 26.7 Å². The standard InChI is InChI=1S/C20H17F5N2O/c21-19(22)11-16(19)26-18(28)27-10-9-12-3-1-2-4-15(12)17(27)13-5-7-14(8-6-13)20(23,24)25/h1-8,16-17H,9-11H2,(H,26,28). The molecule has 0 aromatic heterocycles. The van der Waals surface area contributed by atoms with Crippen LogP contribution in [0.3, 0.4) is 0 Å². The Morgan fingerprint density at radius 2 is 1.71 bits per heavy atom. The van der Waals surface area contributed by atoms with E-state index in [0.717, 1.165) is 23.3 Å². The largest absolute Gasteiger partial charge is 0.416 e. The van der Waals surface area contributed by atoms with E-state index in [0.29, 0.717) is 12.0 Å². The van der Waals surface area contributed by atoms with E-state index >= 15 is 0 Å². The zero-order valence-electron chi connectivity index (χ0n) is 14.6. The number of nitrogens with zero attached hydrogens (tertiary/aromatic N) is 1. The SMILES string of the molecule is O=C(NC1CC1(F)F)N1CCc2ccccc2C1c1ccc(C(F)(F)F)cc1. The molecule has 4 rings (SSSR count). The monoisotopic (exact) mass is 396 g/mol. The second-order valence-electron chi connectivity index (χ2n) is 7.13. The van der Waals surface area contributed by atoms with Gasteiger partial charge >= 0.3 is 12.2 Å². The topological polar surface area (TPSA) is 32.3 Å². The third kappa shape index (κ3) is 3.43. The molecule has 2 atom stereocenters. The first kappa shape index (κ1) is 18.7. The van der Waals surface area contributed by atoms with Gasteiger partial charge < -0.3 is 10.2 Å². The Balaban J connectivity index is 1.67. The van der Waals surface area contributed by atoms with E-state index in [1.165, 1.54) is 17.0 Å². The highest BCUT2D eigenvalue weighted by atomic mass is 19.4. The van der Waals surface area contributed by atoms with Crippen molar-refractivity contribution >= 4 is 6.03 Å². The molecule has 148 valence electrons. The minimum atomic E-state index is -4.46. The third-order valence-corrected chi connectivity index (χ3v) is 5.22. The van der Waals surface area contributed by atoms with Gasteiger partial charge in [0, 0.05) is 13.0 Å². The predicted octanol–water partition coefficient (Wildman–Crippen LogP) is 4.77. The molecule has 1 N–H and O–H groups in total. The Morgan fingerprint density at radius 1 is 1.07 bits per heavy atom. The van der Waals surface area contributed by atoms with Gasteiger partial charge in [-0.1, -0.05) is 36.4 Å². The second-order valence-corrected chi connectivity index (χ2v) is 7.13. The summed E-state index contributed by atoms with van der Waals surface area (Å²) >= 11 is 0. The number of rotatable bonds is 2. The van der Waals surface area contributed by atoms with E-state index in [2.05, 4.69) is 5.32 Å². The predicted molar refractivity (Wildman–Crippen MR) is 92.0 cm³/mol. The molecular weight excluding hydrogens is 379 g/mol. The lowest BCUT2D eigenvalue weighted by atomic mass is 9.88. The van der Waals surface area contributed by atoms with Crippen LogP contribution >= 0.6 is 0 Å². The van der Waals surface area contributed by atoms with Gasteiger partial charge in [0.25, 0.3) is 5.92 Å². The van der Waals surface area contributed by atoms with Crippen LogP contribution in [0.4, 0.5) is 26.7 Å². The number of carbonyl (C=O) groups is 1. The Bertz CT molecular complexity index is 894. The van der Waals surface area contributed by atoms with Gasteiger partial charge in [0.2, 0.25) is 0 Å². The summed E-state index contributed by atoms with van der Waals surface area (Å²) in [5.41, 5.74) is 1.48. The Morgan fingerprint density at radius 3 is 2.32 bits per heavy atom. The van der Waals surface area contributed by atoms with E-state index in [4.69, 9.17) is 0 Å². The van der Waals surface area contributed by atoms with Crippen LogP contribution in [0.1, 0.15) is 34.7 Å². The molecule has 1 saturated carbocycles. The fraction of sp³-hybridized carbons (Fsp3) is 0.350. The van der Waals surface area contributed by atoms with Gasteiger partial charge in [-0.2, -0.15) is 13.2 Å². The van der Waals surface area contributed by atoms with E-state index in [1.54, 1.807) is 6.07 Å². The minimum absolute atomic E-state index is 0.285. The van der Waals surface area contributed by atoms with Gasteiger partial charge in [0.15, 0.2) is 0 Å². The quantitative estimate of drug-likeness (QED) is 0.729. The van der Waals surface area contributed by atoms with Crippen LogP contribution in [0.15, 0.2) is 48.5 Å². The lowest BCUT2D eigenvalue weighted by Crippen LogP contribution is -2.47. The van der Waals surface area contributed by atoms with Crippen molar-refractivity contribution in [1.29, 1.82) is 0 Å². The molecule has 28 heavy (non-hydrogen) atoms. The zero-order chi connectivity index (χ0) is 20.1. The summed E-state index contributed by atoms with van der Waals surface area (Å²) in [6.07, 6.45) is -4.31. The van der Waals surface area contributed by atoms with Gasteiger partial charge in [0.1, 0.15) is 6.04 Å². The number of urea groups is 1. The lowest BCUT2D eigenvalue weighted by Gasteiger charge is -2.37. The summed E-state index contributed by atoms with van der Waals surface area (Å²) in [6.45, 7) is 0.285. The van der Waals surface area contributed by atoms with Gasteiger partial charge in [-0.15, -0.1) is 0 Å². The number of hydrogen-bond acceptors (Lipinski definition) is 1. The van der Waals surface area contributed by atoms with Gasteiger partial charge in [-0.3, -0.25) is 0 Å². The van der Waals surface area contributed by atoms with Gasteiger partial charge in [0.05, 0.1) is 11.6 Å². The van der Waals surface area contributed by atoms with Crippen molar-refractivity contribution in [1.82, 2.24) is 10.2 Å². The maximum Gasteiger partial charge on any atom is 0.416 e. The van der Waals surface area contributed by atoms with Crippen molar-refractivity contribution in [2.45, 2.75) is 37.0 Å². The van der Waals surface area contributed by atoms with Crippen LogP contribution in [0.25, 0.3) is 0 Å². The van der Waals surface area contributed by atoms with Crippen LogP contribution in [-0.4, -0.2) is 29.4 Å². The summed E-state index contributed by atoms with van der Waals surface area (Å²) in [5.74, 6) is -2.90. The molecule has 3 nitrogen and oxygen atoms in total. The molecule has 2 aromatic rings. The minimum Gasteiger partial charge on any atom is -0.329 e. The summed E-state index contributed by atoms with van der Waals surface area (Å²) in [7, 11) is 0. The Hall–Kier alpha value is -2.64. The fourth-order valence-corrected chi connectivity index (χ4v) is 3.60. The molecule has 1 fully saturated rings. The first-order chi connectivity index (χ1) is 13.2. The molecule has 1 aliphatic carbocycles. The van der Waals surface area contributed by atoms with Crippen molar-refractivity contribution < 1.29 is 26.7 Å². The van der Waals surface area contributed by atoms with E-state index in [1.807, 2.05) is 18.2 Å². The highest BCUT2D eigenvalue weighted by Gasteiger charge is 2.58. The highest BCUT2D eigenvalue weighted by molar-refractivity contribution is 5.77. The third-order valence-electron chi connectivity index (χ3n) is 5.22. The normalized spacial score (nSPS) is 23.1. The van der Waals surface area contributed by atoms with Crippen molar-refractivity contribution in [2.24, 2.45) is 0 Å². The Kier molecular flexibility index (Phi) is 4.32. The molecule has 2 unspecified atom stereocenters. The number of alkyl halides is 5. The number of benzene rings is 2. The first-order valence-electron chi connectivity index (χ1n) is 8.87. The molecule has 1 heterocycles. The summed E-state index contributed by atoms with van der Waals surface area (Å²) in [4.78, 5) is 14.1. The number of amides is 2. The molecule has 0 saturated heterocycles. The maximum absolute atomic E-state index is 13.2. The Labute approximate surface area is 158 Å². The van der Waals surface area contributed by atoms with Crippen LogP contribution in [0, 0.1) is 0 Å². The molecule has 0 radical (unpaired) electrons. The van der Waals surface area contributed by atoms with Gasteiger partial charge in [-0.25, -0.2) is 13.6 Å².